The Hall–Kier alpha value is -3.36. The maximum absolute atomic E-state index is 13.0. The minimum absolute atomic E-state index is 0.476. The van der Waals surface area contributed by atoms with Crippen molar-refractivity contribution in [3.05, 3.63) is 64.9 Å². The number of hydrogen-bond donors (Lipinski definition) is 1. The Kier molecular flexibility index (Phi) is 4.52. The Morgan fingerprint density at radius 2 is 1.79 bits per heavy atom. The average Bonchev–Trinajstić information content (AvgIpc) is 3.24. The molecule has 0 saturated heterocycles. The first kappa shape index (κ1) is 19.0. The molecule has 0 unspecified atom stereocenters. The van der Waals surface area contributed by atoms with Gasteiger partial charge in [-0.15, -0.1) is 0 Å². The van der Waals surface area contributed by atoms with E-state index in [9.17, 15) is 13.2 Å². The monoisotopic (exact) mass is 401 g/mol. The standard InChI is InChI=1S/C20H18F3N5O/c1-11-6-14(20(21,22)23)7-12(2)17(11)26-19-18-16(4-5-24-19)28(10-25-18)9-15-8-13(3)29-27-15/h4-8,10H,9H2,1-3H3,(H,24,26). The third kappa shape index (κ3) is 3.67. The van der Waals surface area contributed by atoms with E-state index in [0.717, 1.165) is 29.1 Å². The molecule has 1 aromatic carbocycles. The lowest BCUT2D eigenvalue weighted by Gasteiger charge is -2.16. The van der Waals surface area contributed by atoms with Gasteiger partial charge in [0.25, 0.3) is 0 Å². The van der Waals surface area contributed by atoms with Crippen LogP contribution in [0.1, 0.15) is 28.1 Å². The zero-order valence-corrected chi connectivity index (χ0v) is 16.0. The number of imidazole rings is 1. The summed E-state index contributed by atoms with van der Waals surface area (Å²) in [6, 6.07) is 5.93. The van der Waals surface area contributed by atoms with Crippen molar-refractivity contribution in [2.75, 3.05) is 5.32 Å². The molecular formula is C20H18F3N5O. The predicted octanol–water partition coefficient (Wildman–Crippen LogP) is 5.16. The van der Waals surface area contributed by atoms with E-state index in [4.69, 9.17) is 4.52 Å². The molecule has 0 atom stereocenters. The maximum atomic E-state index is 13.0. The van der Waals surface area contributed by atoms with Gasteiger partial charge in [-0.3, -0.25) is 0 Å². The van der Waals surface area contributed by atoms with Gasteiger partial charge in [-0.2, -0.15) is 13.2 Å². The molecule has 1 N–H and O–H groups in total. The van der Waals surface area contributed by atoms with E-state index in [1.165, 1.54) is 0 Å². The molecule has 0 saturated carbocycles. The fourth-order valence-electron chi connectivity index (χ4n) is 3.32. The van der Waals surface area contributed by atoms with Gasteiger partial charge in [0.05, 0.1) is 24.0 Å². The minimum atomic E-state index is -4.38. The third-order valence-corrected chi connectivity index (χ3v) is 4.65. The molecule has 0 aliphatic rings. The molecule has 150 valence electrons. The SMILES string of the molecule is Cc1cc(Cn2cnc3c(Nc4c(C)cc(C(F)(F)F)cc4C)nccc32)no1. The van der Waals surface area contributed by atoms with E-state index in [1.54, 1.807) is 26.4 Å². The van der Waals surface area contributed by atoms with Gasteiger partial charge in [0.1, 0.15) is 17.0 Å². The number of pyridine rings is 1. The molecule has 0 amide bonds. The van der Waals surface area contributed by atoms with Gasteiger partial charge in [0.15, 0.2) is 5.82 Å². The summed E-state index contributed by atoms with van der Waals surface area (Å²) in [5.41, 5.74) is 3.08. The molecule has 0 bridgehead atoms. The predicted molar refractivity (Wildman–Crippen MR) is 102 cm³/mol. The summed E-state index contributed by atoms with van der Waals surface area (Å²) >= 11 is 0. The van der Waals surface area contributed by atoms with E-state index in [1.807, 2.05) is 23.6 Å². The van der Waals surface area contributed by atoms with Crippen LogP contribution in [0.25, 0.3) is 11.0 Å². The number of benzene rings is 1. The molecule has 29 heavy (non-hydrogen) atoms. The molecule has 9 heteroatoms. The smallest absolute Gasteiger partial charge is 0.361 e. The Balaban J connectivity index is 1.69. The van der Waals surface area contributed by atoms with Crippen molar-refractivity contribution >= 4 is 22.5 Å². The second kappa shape index (κ2) is 6.91. The summed E-state index contributed by atoms with van der Waals surface area (Å²) in [5.74, 6) is 1.20. The summed E-state index contributed by atoms with van der Waals surface area (Å²) in [7, 11) is 0. The molecule has 4 aromatic rings. The molecule has 0 aliphatic heterocycles. The molecule has 0 radical (unpaired) electrons. The van der Waals surface area contributed by atoms with Crippen molar-refractivity contribution in [2.24, 2.45) is 0 Å². The largest absolute Gasteiger partial charge is 0.416 e. The lowest BCUT2D eigenvalue weighted by Crippen LogP contribution is -2.08. The van der Waals surface area contributed by atoms with Crippen LogP contribution in [0, 0.1) is 20.8 Å². The van der Waals surface area contributed by atoms with E-state index in [0.29, 0.717) is 34.7 Å². The number of aryl methyl sites for hydroxylation is 3. The Bertz CT molecular complexity index is 1170. The van der Waals surface area contributed by atoms with Gasteiger partial charge in [0, 0.05) is 18.0 Å². The van der Waals surface area contributed by atoms with Crippen LogP contribution in [-0.2, 0) is 12.7 Å². The van der Waals surface area contributed by atoms with Crippen LogP contribution >= 0.6 is 0 Å². The highest BCUT2D eigenvalue weighted by atomic mass is 19.4. The minimum Gasteiger partial charge on any atom is -0.361 e. The molecule has 3 aromatic heterocycles. The number of hydrogen-bond acceptors (Lipinski definition) is 5. The summed E-state index contributed by atoms with van der Waals surface area (Å²) in [6.45, 7) is 5.57. The first-order chi connectivity index (χ1) is 13.7. The van der Waals surface area contributed by atoms with Crippen LogP contribution in [0.4, 0.5) is 24.7 Å². The van der Waals surface area contributed by atoms with Crippen LogP contribution < -0.4 is 5.32 Å². The molecule has 3 heterocycles. The van der Waals surface area contributed by atoms with Crippen molar-refractivity contribution < 1.29 is 17.7 Å². The average molecular weight is 401 g/mol. The van der Waals surface area contributed by atoms with Gasteiger partial charge < -0.3 is 14.4 Å². The number of fused-ring (bicyclic) bond motifs is 1. The molecular weight excluding hydrogens is 383 g/mol. The lowest BCUT2D eigenvalue weighted by atomic mass is 10.0. The molecule has 0 spiro atoms. The van der Waals surface area contributed by atoms with E-state index in [-0.39, 0.29) is 0 Å². The summed E-state index contributed by atoms with van der Waals surface area (Å²) in [6.07, 6.45) is -1.08. The number of alkyl halides is 3. The first-order valence-electron chi connectivity index (χ1n) is 8.90. The van der Waals surface area contributed by atoms with Crippen molar-refractivity contribution in [3.63, 3.8) is 0 Å². The lowest BCUT2D eigenvalue weighted by molar-refractivity contribution is -0.137. The fourth-order valence-corrected chi connectivity index (χ4v) is 3.32. The normalized spacial score (nSPS) is 11.9. The topological polar surface area (TPSA) is 68.8 Å². The molecule has 0 aliphatic carbocycles. The highest BCUT2D eigenvalue weighted by Crippen LogP contribution is 2.35. The van der Waals surface area contributed by atoms with Gasteiger partial charge in [0.2, 0.25) is 0 Å². The van der Waals surface area contributed by atoms with Crippen molar-refractivity contribution in [1.82, 2.24) is 19.7 Å². The second-order valence-corrected chi connectivity index (χ2v) is 6.94. The van der Waals surface area contributed by atoms with Crippen LogP contribution in [0.3, 0.4) is 0 Å². The molecule has 6 nitrogen and oxygen atoms in total. The highest BCUT2D eigenvalue weighted by molar-refractivity contribution is 5.88. The number of rotatable bonds is 4. The number of anilines is 2. The third-order valence-electron chi connectivity index (χ3n) is 4.65. The number of nitrogens with one attached hydrogen (secondary N) is 1. The zero-order chi connectivity index (χ0) is 20.8. The van der Waals surface area contributed by atoms with Crippen molar-refractivity contribution in [3.8, 4) is 0 Å². The number of halogens is 3. The van der Waals surface area contributed by atoms with Gasteiger partial charge in [-0.1, -0.05) is 5.16 Å². The van der Waals surface area contributed by atoms with Gasteiger partial charge >= 0.3 is 6.18 Å². The fraction of sp³-hybridized carbons (Fsp3) is 0.250. The zero-order valence-electron chi connectivity index (χ0n) is 16.0. The summed E-state index contributed by atoms with van der Waals surface area (Å²) < 4.78 is 46.1. The number of nitrogens with zero attached hydrogens (tertiary/aromatic N) is 4. The Morgan fingerprint density at radius 3 is 2.41 bits per heavy atom. The molecule has 0 fully saturated rings. The highest BCUT2D eigenvalue weighted by Gasteiger charge is 2.31. The van der Waals surface area contributed by atoms with Gasteiger partial charge in [-0.05, 0) is 50.1 Å². The maximum Gasteiger partial charge on any atom is 0.416 e. The first-order valence-corrected chi connectivity index (χ1v) is 8.90. The summed E-state index contributed by atoms with van der Waals surface area (Å²) in [4.78, 5) is 8.77. The number of aromatic nitrogens is 4. The van der Waals surface area contributed by atoms with Crippen molar-refractivity contribution in [1.29, 1.82) is 0 Å². The summed E-state index contributed by atoms with van der Waals surface area (Å²) in [5, 5.41) is 7.15. The van der Waals surface area contributed by atoms with Crippen LogP contribution in [0.5, 0.6) is 0 Å². The van der Waals surface area contributed by atoms with E-state index >= 15 is 0 Å². The van der Waals surface area contributed by atoms with Crippen LogP contribution in [-0.4, -0.2) is 19.7 Å². The van der Waals surface area contributed by atoms with Gasteiger partial charge in [-0.25, -0.2) is 9.97 Å². The van der Waals surface area contributed by atoms with E-state index in [2.05, 4.69) is 20.4 Å². The second-order valence-electron chi connectivity index (χ2n) is 6.94. The molecule has 4 rings (SSSR count). The quantitative estimate of drug-likeness (QED) is 0.512. The Morgan fingerprint density at radius 1 is 1.07 bits per heavy atom. The van der Waals surface area contributed by atoms with E-state index < -0.39 is 11.7 Å². The van der Waals surface area contributed by atoms with Crippen LogP contribution in [0.15, 0.2) is 41.3 Å². The van der Waals surface area contributed by atoms with Crippen LogP contribution in [0.2, 0.25) is 0 Å². The Labute approximate surface area is 164 Å². The van der Waals surface area contributed by atoms with Crippen molar-refractivity contribution in [2.45, 2.75) is 33.5 Å².